The van der Waals surface area contributed by atoms with Crippen LogP contribution in [0.2, 0.25) is 5.02 Å². The smallest absolute Gasteiger partial charge is 0.130 e. The van der Waals surface area contributed by atoms with Gasteiger partial charge in [0.15, 0.2) is 0 Å². The number of para-hydroxylation sites is 1. The molecular formula is C17H11ClN2O. The van der Waals surface area contributed by atoms with Gasteiger partial charge in [-0.2, -0.15) is 10.5 Å². The number of hydrogen-bond donors (Lipinski definition) is 0. The third-order valence-electron chi connectivity index (χ3n) is 2.80. The zero-order valence-electron chi connectivity index (χ0n) is 11.1. The molecule has 4 heteroatoms. The van der Waals surface area contributed by atoms with E-state index in [9.17, 15) is 0 Å². The van der Waals surface area contributed by atoms with Crippen LogP contribution in [0.15, 0.2) is 54.1 Å². The van der Waals surface area contributed by atoms with E-state index in [0.29, 0.717) is 22.9 Å². The number of nitriles is 2. The van der Waals surface area contributed by atoms with Gasteiger partial charge in [-0.15, -0.1) is 0 Å². The number of nitrogens with zero attached hydrogens (tertiary/aromatic N) is 2. The summed E-state index contributed by atoms with van der Waals surface area (Å²) < 4.78 is 5.75. The third-order valence-corrected chi connectivity index (χ3v) is 3.17. The van der Waals surface area contributed by atoms with Crippen LogP contribution in [0.25, 0.3) is 6.08 Å². The molecule has 0 radical (unpaired) electrons. The summed E-state index contributed by atoms with van der Waals surface area (Å²) in [6, 6.07) is 18.3. The summed E-state index contributed by atoms with van der Waals surface area (Å²) in [5.41, 5.74) is 1.59. The molecule has 21 heavy (non-hydrogen) atoms. The van der Waals surface area contributed by atoms with Crippen LogP contribution >= 0.6 is 11.6 Å². The van der Waals surface area contributed by atoms with Gasteiger partial charge in [0, 0.05) is 16.1 Å². The second-order valence-corrected chi connectivity index (χ2v) is 4.61. The van der Waals surface area contributed by atoms with Crippen molar-refractivity contribution in [1.29, 1.82) is 10.5 Å². The fourth-order valence-electron chi connectivity index (χ4n) is 1.75. The van der Waals surface area contributed by atoms with Crippen LogP contribution in [0, 0.1) is 22.7 Å². The summed E-state index contributed by atoms with van der Waals surface area (Å²) in [6.07, 6.45) is 1.50. The van der Waals surface area contributed by atoms with Crippen LogP contribution in [0.5, 0.6) is 5.75 Å². The molecule has 2 aromatic rings. The molecule has 0 N–H and O–H groups in total. The van der Waals surface area contributed by atoms with Crippen LogP contribution in [-0.2, 0) is 6.61 Å². The van der Waals surface area contributed by atoms with Gasteiger partial charge in [-0.25, -0.2) is 0 Å². The molecule has 0 aliphatic rings. The lowest BCUT2D eigenvalue weighted by Gasteiger charge is -2.10. The first-order chi connectivity index (χ1) is 10.2. The number of hydrogen-bond acceptors (Lipinski definition) is 3. The summed E-state index contributed by atoms with van der Waals surface area (Å²) in [7, 11) is 0. The van der Waals surface area contributed by atoms with Crippen molar-refractivity contribution in [2.75, 3.05) is 0 Å². The molecule has 0 saturated heterocycles. The van der Waals surface area contributed by atoms with E-state index in [0.717, 1.165) is 5.56 Å². The van der Waals surface area contributed by atoms with Crippen LogP contribution in [0.3, 0.4) is 0 Å². The monoisotopic (exact) mass is 294 g/mol. The van der Waals surface area contributed by atoms with Crippen LogP contribution in [0.4, 0.5) is 0 Å². The zero-order valence-corrected chi connectivity index (χ0v) is 11.8. The summed E-state index contributed by atoms with van der Waals surface area (Å²) in [6.45, 7) is 0.318. The van der Waals surface area contributed by atoms with Gasteiger partial charge in [-0.1, -0.05) is 48.0 Å². The maximum absolute atomic E-state index is 8.82. The van der Waals surface area contributed by atoms with Gasteiger partial charge in [-0.3, -0.25) is 0 Å². The van der Waals surface area contributed by atoms with Gasteiger partial charge in [0.05, 0.1) is 0 Å². The lowest BCUT2D eigenvalue weighted by molar-refractivity contribution is 0.305. The van der Waals surface area contributed by atoms with Gasteiger partial charge in [-0.05, 0) is 18.2 Å². The van der Waals surface area contributed by atoms with Gasteiger partial charge < -0.3 is 4.74 Å². The van der Waals surface area contributed by atoms with E-state index in [1.54, 1.807) is 18.2 Å². The van der Waals surface area contributed by atoms with Gasteiger partial charge in [0.1, 0.15) is 30.1 Å². The Morgan fingerprint density at radius 1 is 1.05 bits per heavy atom. The molecule has 0 saturated carbocycles. The molecule has 0 aliphatic carbocycles. The van der Waals surface area contributed by atoms with Crippen molar-refractivity contribution in [1.82, 2.24) is 0 Å². The number of benzene rings is 2. The Balaban J connectivity index is 2.22. The Kier molecular flexibility index (Phi) is 4.99. The summed E-state index contributed by atoms with van der Waals surface area (Å²) >= 11 is 6.08. The molecular weight excluding hydrogens is 284 g/mol. The topological polar surface area (TPSA) is 56.8 Å². The van der Waals surface area contributed by atoms with E-state index in [-0.39, 0.29) is 5.57 Å². The normalized spacial score (nSPS) is 9.29. The molecule has 0 heterocycles. The van der Waals surface area contributed by atoms with E-state index in [4.69, 9.17) is 26.9 Å². The van der Waals surface area contributed by atoms with Crippen LogP contribution < -0.4 is 4.74 Å². The minimum absolute atomic E-state index is 0.0313. The van der Waals surface area contributed by atoms with Crippen molar-refractivity contribution < 1.29 is 4.74 Å². The molecule has 0 aromatic heterocycles. The number of rotatable bonds is 4. The molecule has 0 bridgehead atoms. The SMILES string of the molecule is N#CC(C#N)=Cc1ccccc1OCc1ccccc1Cl. The molecule has 0 spiro atoms. The Bertz CT molecular complexity index is 738. The quantitative estimate of drug-likeness (QED) is 0.788. The third kappa shape index (κ3) is 3.86. The van der Waals surface area contributed by atoms with Crippen molar-refractivity contribution in [3.8, 4) is 17.9 Å². The van der Waals surface area contributed by atoms with Gasteiger partial charge in [0.25, 0.3) is 0 Å². The number of allylic oxidation sites excluding steroid dienone is 1. The summed E-state index contributed by atoms with van der Waals surface area (Å²) in [5.74, 6) is 0.598. The first-order valence-corrected chi connectivity index (χ1v) is 6.59. The maximum Gasteiger partial charge on any atom is 0.130 e. The molecule has 102 valence electrons. The van der Waals surface area contributed by atoms with Gasteiger partial charge >= 0.3 is 0 Å². The van der Waals surface area contributed by atoms with Crippen molar-refractivity contribution in [3.05, 3.63) is 70.3 Å². The first-order valence-electron chi connectivity index (χ1n) is 6.21. The molecule has 2 rings (SSSR count). The molecule has 3 nitrogen and oxygen atoms in total. The standard InChI is InChI=1S/C17H11ClN2O/c18-16-7-3-1-6-15(16)12-21-17-8-4-2-5-14(17)9-13(10-19)11-20/h1-9H,12H2. The van der Waals surface area contributed by atoms with Crippen molar-refractivity contribution >= 4 is 17.7 Å². The highest BCUT2D eigenvalue weighted by Gasteiger charge is 2.05. The van der Waals surface area contributed by atoms with E-state index in [1.807, 2.05) is 42.5 Å². The maximum atomic E-state index is 8.82. The average molecular weight is 295 g/mol. The Hall–Kier alpha value is -2.75. The zero-order chi connectivity index (χ0) is 15.1. The molecule has 0 fully saturated rings. The van der Waals surface area contributed by atoms with E-state index in [1.165, 1.54) is 6.08 Å². The largest absolute Gasteiger partial charge is 0.488 e. The van der Waals surface area contributed by atoms with Crippen molar-refractivity contribution in [2.45, 2.75) is 6.61 Å². The number of ether oxygens (including phenoxy) is 1. The van der Waals surface area contributed by atoms with Crippen LogP contribution in [-0.4, -0.2) is 0 Å². The molecule has 0 atom stereocenters. The summed E-state index contributed by atoms with van der Waals surface area (Å²) in [4.78, 5) is 0. The highest BCUT2D eigenvalue weighted by molar-refractivity contribution is 6.31. The predicted octanol–water partition coefficient (Wildman–Crippen LogP) is 4.35. The second-order valence-electron chi connectivity index (χ2n) is 4.20. The molecule has 0 unspecified atom stereocenters. The highest BCUT2D eigenvalue weighted by atomic mass is 35.5. The second kappa shape index (κ2) is 7.14. The number of halogens is 1. The average Bonchev–Trinajstić information content (AvgIpc) is 2.53. The molecule has 2 aromatic carbocycles. The Morgan fingerprint density at radius 2 is 1.71 bits per heavy atom. The van der Waals surface area contributed by atoms with Crippen LogP contribution in [0.1, 0.15) is 11.1 Å². The lowest BCUT2D eigenvalue weighted by Crippen LogP contribution is -1.97. The fourth-order valence-corrected chi connectivity index (χ4v) is 1.94. The minimum Gasteiger partial charge on any atom is -0.488 e. The van der Waals surface area contributed by atoms with Crippen molar-refractivity contribution in [2.24, 2.45) is 0 Å². The fraction of sp³-hybridized carbons (Fsp3) is 0.0588. The van der Waals surface area contributed by atoms with E-state index < -0.39 is 0 Å². The molecule has 0 amide bonds. The lowest BCUT2D eigenvalue weighted by atomic mass is 10.1. The first kappa shape index (κ1) is 14.7. The highest BCUT2D eigenvalue weighted by Crippen LogP contribution is 2.23. The minimum atomic E-state index is 0.0313. The van der Waals surface area contributed by atoms with E-state index in [2.05, 4.69) is 0 Å². The molecule has 0 aliphatic heterocycles. The Labute approximate surface area is 128 Å². The Morgan fingerprint density at radius 3 is 2.43 bits per heavy atom. The van der Waals surface area contributed by atoms with Crippen molar-refractivity contribution in [3.63, 3.8) is 0 Å². The predicted molar refractivity (Wildman–Crippen MR) is 81.4 cm³/mol. The van der Waals surface area contributed by atoms with E-state index >= 15 is 0 Å². The summed E-state index contributed by atoms with van der Waals surface area (Å²) in [5, 5.41) is 18.3. The van der Waals surface area contributed by atoms with Gasteiger partial charge in [0.2, 0.25) is 0 Å².